The third kappa shape index (κ3) is 3.48. The van der Waals surface area contributed by atoms with E-state index in [0.717, 1.165) is 5.69 Å². The summed E-state index contributed by atoms with van der Waals surface area (Å²) in [5, 5.41) is 10.1. The predicted molar refractivity (Wildman–Crippen MR) is 84.2 cm³/mol. The maximum Gasteiger partial charge on any atom is 0.152 e. The lowest BCUT2D eigenvalue weighted by Gasteiger charge is -2.11. The van der Waals surface area contributed by atoms with Crippen LogP contribution in [0.3, 0.4) is 0 Å². The Bertz CT molecular complexity index is 795. The number of H-pyrrole nitrogens is 1. The van der Waals surface area contributed by atoms with Crippen molar-refractivity contribution in [1.82, 2.24) is 9.97 Å². The number of phenolic OH excluding ortho intramolecular Hbond substituents is 1. The van der Waals surface area contributed by atoms with E-state index in [1.54, 1.807) is 24.7 Å². The number of hydrogen-bond donors (Lipinski definition) is 2. The standard InChI is InChI=1S/C17H16FN3O2/c1-11(7-13-9-19-10-20-13)21-17(16-3-2-6-23-16)14-8-12(18)4-5-15(14)22/h2-6,8-11,22H,7H2,1H3,(H,19,20)/t11-/m1/s1. The molecule has 23 heavy (non-hydrogen) atoms. The van der Waals surface area contributed by atoms with E-state index in [9.17, 15) is 9.50 Å². The summed E-state index contributed by atoms with van der Waals surface area (Å²) in [5.74, 6) is -0.0177. The van der Waals surface area contributed by atoms with Crippen LogP contribution in [0.15, 0.2) is 58.5 Å². The van der Waals surface area contributed by atoms with E-state index in [4.69, 9.17) is 4.42 Å². The van der Waals surface area contributed by atoms with E-state index >= 15 is 0 Å². The van der Waals surface area contributed by atoms with E-state index in [0.29, 0.717) is 23.5 Å². The van der Waals surface area contributed by atoms with Crippen molar-refractivity contribution in [3.05, 3.63) is 72.0 Å². The molecular formula is C17H16FN3O2. The fraction of sp³-hybridized carbons (Fsp3) is 0.176. The fourth-order valence-corrected chi connectivity index (χ4v) is 2.36. The van der Waals surface area contributed by atoms with Gasteiger partial charge >= 0.3 is 0 Å². The molecule has 0 amide bonds. The molecule has 1 aromatic carbocycles. The lowest BCUT2D eigenvalue weighted by molar-refractivity contribution is 0.471. The molecule has 3 aromatic rings. The largest absolute Gasteiger partial charge is 0.507 e. The molecule has 0 aliphatic heterocycles. The van der Waals surface area contributed by atoms with Crippen LogP contribution in [0.2, 0.25) is 0 Å². The topological polar surface area (TPSA) is 74.4 Å². The Labute approximate surface area is 132 Å². The first-order chi connectivity index (χ1) is 11.1. The summed E-state index contributed by atoms with van der Waals surface area (Å²) in [6.07, 6.45) is 5.50. The fourth-order valence-electron chi connectivity index (χ4n) is 2.36. The van der Waals surface area contributed by atoms with Gasteiger partial charge in [-0.2, -0.15) is 0 Å². The Morgan fingerprint density at radius 2 is 2.30 bits per heavy atom. The lowest BCUT2D eigenvalue weighted by Crippen LogP contribution is -2.11. The number of imidazole rings is 1. The van der Waals surface area contributed by atoms with Gasteiger partial charge < -0.3 is 14.5 Å². The SMILES string of the molecule is C[C@H](Cc1cnc[nH]1)N=C(c1ccco1)c1cc(F)ccc1O. The minimum atomic E-state index is -0.446. The van der Waals surface area contributed by atoms with Crippen LogP contribution in [0.4, 0.5) is 4.39 Å². The number of aromatic amines is 1. The summed E-state index contributed by atoms with van der Waals surface area (Å²) >= 11 is 0. The lowest BCUT2D eigenvalue weighted by atomic mass is 10.1. The molecule has 0 saturated heterocycles. The average Bonchev–Trinajstić information content (AvgIpc) is 3.21. The highest BCUT2D eigenvalue weighted by Gasteiger charge is 2.17. The number of halogens is 1. The van der Waals surface area contributed by atoms with Crippen molar-refractivity contribution in [2.75, 3.05) is 0 Å². The molecule has 0 radical (unpaired) electrons. The number of nitrogens with one attached hydrogen (secondary N) is 1. The van der Waals surface area contributed by atoms with Crippen LogP contribution < -0.4 is 0 Å². The van der Waals surface area contributed by atoms with Crippen molar-refractivity contribution in [3.63, 3.8) is 0 Å². The van der Waals surface area contributed by atoms with Gasteiger partial charge in [0.25, 0.3) is 0 Å². The van der Waals surface area contributed by atoms with Crippen LogP contribution >= 0.6 is 0 Å². The van der Waals surface area contributed by atoms with Gasteiger partial charge in [-0.05, 0) is 37.3 Å². The first-order valence-corrected chi connectivity index (χ1v) is 7.21. The minimum absolute atomic E-state index is 0.0460. The second kappa shape index (κ2) is 6.48. The average molecular weight is 313 g/mol. The van der Waals surface area contributed by atoms with Crippen LogP contribution in [0.25, 0.3) is 0 Å². The molecule has 2 heterocycles. The second-order valence-electron chi connectivity index (χ2n) is 5.25. The Morgan fingerprint density at radius 3 is 3.00 bits per heavy atom. The number of benzene rings is 1. The van der Waals surface area contributed by atoms with Crippen LogP contribution in [-0.4, -0.2) is 26.8 Å². The van der Waals surface area contributed by atoms with Gasteiger partial charge in [-0.3, -0.25) is 4.99 Å². The second-order valence-corrected chi connectivity index (χ2v) is 5.25. The third-order valence-corrected chi connectivity index (χ3v) is 3.39. The molecule has 2 N–H and O–H groups in total. The van der Waals surface area contributed by atoms with E-state index < -0.39 is 5.82 Å². The van der Waals surface area contributed by atoms with Gasteiger partial charge in [0.2, 0.25) is 0 Å². The maximum absolute atomic E-state index is 13.6. The molecule has 118 valence electrons. The van der Waals surface area contributed by atoms with Crippen molar-refractivity contribution in [2.45, 2.75) is 19.4 Å². The van der Waals surface area contributed by atoms with Crippen molar-refractivity contribution < 1.29 is 13.9 Å². The Morgan fingerprint density at radius 1 is 1.43 bits per heavy atom. The first-order valence-electron chi connectivity index (χ1n) is 7.21. The van der Waals surface area contributed by atoms with Gasteiger partial charge in [0, 0.05) is 23.9 Å². The number of aromatic hydroxyl groups is 1. The molecular weight excluding hydrogens is 297 g/mol. The molecule has 0 spiro atoms. The molecule has 6 heteroatoms. The zero-order chi connectivity index (χ0) is 16.2. The molecule has 0 saturated carbocycles. The van der Waals surface area contributed by atoms with Gasteiger partial charge in [-0.25, -0.2) is 9.37 Å². The molecule has 3 rings (SSSR count). The number of phenols is 1. The van der Waals surface area contributed by atoms with Crippen LogP contribution in [0.1, 0.15) is 23.9 Å². The van der Waals surface area contributed by atoms with E-state index in [2.05, 4.69) is 15.0 Å². The number of nitrogens with zero attached hydrogens (tertiary/aromatic N) is 2. The van der Waals surface area contributed by atoms with E-state index in [-0.39, 0.29) is 11.8 Å². The molecule has 0 fully saturated rings. The zero-order valence-electron chi connectivity index (χ0n) is 12.5. The normalized spacial score (nSPS) is 13.2. The van der Waals surface area contributed by atoms with Gasteiger partial charge in [-0.1, -0.05) is 0 Å². The van der Waals surface area contributed by atoms with Crippen LogP contribution in [-0.2, 0) is 6.42 Å². The number of aromatic nitrogens is 2. The predicted octanol–water partition coefficient (Wildman–Crippen LogP) is 3.32. The summed E-state index contributed by atoms with van der Waals surface area (Å²) in [4.78, 5) is 11.6. The van der Waals surface area contributed by atoms with Gasteiger partial charge in [0.15, 0.2) is 5.76 Å². The number of hydrogen-bond acceptors (Lipinski definition) is 4. The molecule has 5 nitrogen and oxygen atoms in total. The Kier molecular flexibility index (Phi) is 4.23. The van der Waals surface area contributed by atoms with Crippen molar-refractivity contribution in [1.29, 1.82) is 0 Å². The van der Waals surface area contributed by atoms with Crippen molar-refractivity contribution in [3.8, 4) is 5.75 Å². The van der Waals surface area contributed by atoms with Gasteiger partial charge in [-0.15, -0.1) is 0 Å². The number of rotatable bonds is 5. The number of furan rings is 1. The van der Waals surface area contributed by atoms with E-state index in [1.165, 1.54) is 24.5 Å². The Balaban J connectivity index is 1.99. The van der Waals surface area contributed by atoms with E-state index in [1.807, 2.05) is 6.92 Å². The molecule has 0 aliphatic carbocycles. The van der Waals surface area contributed by atoms with Crippen LogP contribution in [0, 0.1) is 5.82 Å². The quantitative estimate of drug-likeness (QED) is 0.710. The maximum atomic E-state index is 13.6. The smallest absolute Gasteiger partial charge is 0.152 e. The molecule has 2 aromatic heterocycles. The molecule has 0 bridgehead atoms. The highest BCUT2D eigenvalue weighted by Crippen LogP contribution is 2.23. The molecule has 0 aliphatic rings. The monoisotopic (exact) mass is 313 g/mol. The molecule has 0 unspecified atom stereocenters. The summed E-state index contributed by atoms with van der Waals surface area (Å²) in [7, 11) is 0. The summed E-state index contributed by atoms with van der Waals surface area (Å²) in [5.41, 5.74) is 1.67. The highest BCUT2D eigenvalue weighted by atomic mass is 19.1. The summed E-state index contributed by atoms with van der Waals surface area (Å²) < 4.78 is 19.0. The minimum Gasteiger partial charge on any atom is -0.507 e. The van der Waals surface area contributed by atoms with Crippen molar-refractivity contribution >= 4 is 5.71 Å². The van der Waals surface area contributed by atoms with Crippen molar-refractivity contribution in [2.24, 2.45) is 4.99 Å². The zero-order valence-corrected chi connectivity index (χ0v) is 12.5. The first kappa shape index (κ1) is 15.0. The number of aliphatic imine (C=N–C) groups is 1. The highest BCUT2D eigenvalue weighted by molar-refractivity contribution is 6.12. The summed E-state index contributed by atoms with van der Waals surface area (Å²) in [6, 6.07) is 7.10. The van der Waals surface area contributed by atoms with Gasteiger partial charge in [0.05, 0.1) is 18.6 Å². The third-order valence-electron chi connectivity index (χ3n) is 3.39. The Hall–Kier alpha value is -2.89. The molecule has 1 atom stereocenters. The van der Waals surface area contributed by atoms with Gasteiger partial charge in [0.1, 0.15) is 17.3 Å². The van der Waals surface area contributed by atoms with Crippen LogP contribution in [0.5, 0.6) is 5.75 Å². The summed E-state index contributed by atoms with van der Waals surface area (Å²) in [6.45, 7) is 1.93.